The normalized spacial score (nSPS) is 17.8. The lowest BCUT2D eigenvalue weighted by molar-refractivity contribution is -0.120. The van der Waals surface area contributed by atoms with Crippen molar-refractivity contribution in [1.82, 2.24) is 14.7 Å². The van der Waals surface area contributed by atoms with Crippen LogP contribution in [-0.4, -0.2) is 63.2 Å². The van der Waals surface area contributed by atoms with E-state index in [0.29, 0.717) is 4.68 Å². The van der Waals surface area contributed by atoms with Crippen LogP contribution in [0.4, 0.5) is 19.7 Å². The van der Waals surface area contributed by atoms with Crippen molar-refractivity contribution in [2.45, 2.75) is 24.6 Å². The number of halogens is 1. The van der Waals surface area contributed by atoms with Crippen LogP contribution in [0.3, 0.4) is 0 Å². The molecule has 1 saturated heterocycles. The predicted molar refractivity (Wildman–Crippen MR) is 142 cm³/mol. The van der Waals surface area contributed by atoms with Gasteiger partial charge in [0.1, 0.15) is 24.9 Å². The molecular formula is C29H22FN5O5. The van der Waals surface area contributed by atoms with E-state index < -0.39 is 30.3 Å². The van der Waals surface area contributed by atoms with Crippen LogP contribution in [0.25, 0.3) is 22.0 Å². The fourth-order valence-electron chi connectivity index (χ4n) is 5.61. The highest BCUT2D eigenvalue weighted by atomic mass is 19.1. The average molecular weight is 540 g/mol. The summed E-state index contributed by atoms with van der Waals surface area (Å²) < 4.78 is 20.9. The number of nitrogens with zero attached hydrogens (tertiary/aromatic N) is 4. The number of carbonyl (C=O) groups is 3. The molecule has 0 saturated carbocycles. The molecule has 2 N–H and O–H groups in total. The largest absolute Gasteiger partial charge is 0.463 e. The molecule has 40 heavy (non-hydrogen) atoms. The van der Waals surface area contributed by atoms with Gasteiger partial charge in [0.15, 0.2) is 0 Å². The number of carbonyl (C=O) groups excluding carboxylic acids is 2. The smallest absolute Gasteiger partial charge is 0.432 e. The number of alkyl halides is 1. The SMILES string of the molecule is N#Cc1c(NC(=O)[C@H]2C[C@@H](F)CN2C(=O)OCC2c3ccccc3-c3ccccc32)ccc2c1cnn2C(=O)O. The van der Waals surface area contributed by atoms with E-state index in [2.05, 4.69) is 10.4 Å². The highest BCUT2D eigenvalue weighted by Gasteiger charge is 2.41. The number of ether oxygens (including phenoxy) is 1. The first-order valence-corrected chi connectivity index (χ1v) is 12.6. The van der Waals surface area contributed by atoms with Gasteiger partial charge in [-0.2, -0.15) is 15.0 Å². The molecule has 6 rings (SSSR count). The summed E-state index contributed by atoms with van der Waals surface area (Å²) in [6.07, 6.45) is -2.57. The van der Waals surface area contributed by atoms with Gasteiger partial charge in [0.2, 0.25) is 5.91 Å². The Balaban J connectivity index is 1.19. The van der Waals surface area contributed by atoms with Gasteiger partial charge >= 0.3 is 12.2 Å². The van der Waals surface area contributed by atoms with E-state index in [4.69, 9.17) is 4.74 Å². The van der Waals surface area contributed by atoms with Crippen LogP contribution in [0.2, 0.25) is 0 Å². The molecule has 0 bridgehead atoms. The third-order valence-corrected chi connectivity index (χ3v) is 7.43. The number of amides is 2. The van der Waals surface area contributed by atoms with Crippen molar-refractivity contribution in [3.8, 4) is 17.2 Å². The third-order valence-electron chi connectivity index (χ3n) is 7.43. The number of anilines is 1. The molecule has 10 nitrogen and oxygen atoms in total. The molecule has 3 aromatic carbocycles. The van der Waals surface area contributed by atoms with Crippen molar-refractivity contribution in [3.05, 3.63) is 83.6 Å². The number of nitriles is 1. The van der Waals surface area contributed by atoms with Gasteiger partial charge in [0.25, 0.3) is 0 Å². The maximum atomic E-state index is 14.5. The van der Waals surface area contributed by atoms with E-state index in [9.17, 15) is 29.1 Å². The van der Waals surface area contributed by atoms with Crippen LogP contribution in [0.1, 0.15) is 29.0 Å². The minimum absolute atomic E-state index is 0.000774. The van der Waals surface area contributed by atoms with Crippen LogP contribution in [0.15, 0.2) is 66.9 Å². The van der Waals surface area contributed by atoms with E-state index in [1.807, 2.05) is 54.6 Å². The van der Waals surface area contributed by atoms with Crippen LogP contribution in [0, 0.1) is 11.3 Å². The summed E-state index contributed by atoms with van der Waals surface area (Å²) in [5, 5.41) is 25.6. The number of hydrogen-bond donors (Lipinski definition) is 2. The Bertz CT molecular complexity index is 1680. The van der Waals surface area contributed by atoms with Gasteiger partial charge in [-0.3, -0.25) is 9.69 Å². The molecule has 2 heterocycles. The molecule has 200 valence electrons. The average Bonchev–Trinajstić information content (AvgIpc) is 3.65. The van der Waals surface area contributed by atoms with Crippen molar-refractivity contribution in [3.63, 3.8) is 0 Å². The summed E-state index contributed by atoms with van der Waals surface area (Å²) in [5.41, 5.74) is 4.47. The predicted octanol–water partition coefficient (Wildman–Crippen LogP) is 4.73. The Hall–Kier alpha value is -5.24. The van der Waals surface area contributed by atoms with Crippen molar-refractivity contribution in [2.24, 2.45) is 0 Å². The summed E-state index contributed by atoms with van der Waals surface area (Å²) in [5.74, 6) is -0.876. The maximum Gasteiger partial charge on any atom is 0.432 e. The van der Waals surface area contributed by atoms with Gasteiger partial charge < -0.3 is 15.2 Å². The fraction of sp³-hybridized carbons (Fsp3) is 0.207. The number of hydrogen-bond acceptors (Lipinski definition) is 6. The summed E-state index contributed by atoms with van der Waals surface area (Å²) in [7, 11) is 0. The van der Waals surface area contributed by atoms with E-state index >= 15 is 0 Å². The molecule has 2 aliphatic rings. The summed E-state index contributed by atoms with van der Waals surface area (Å²) in [4.78, 5) is 38.8. The molecule has 0 radical (unpaired) electrons. The first-order chi connectivity index (χ1) is 19.4. The summed E-state index contributed by atoms with van der Waals surface area (Å²) in [6, 6.07) is 19.3. The zero-order valence-corrected chi connectivity index (χ0v) is 21.0. The Morgan fingerprint density at radius 2 is 1.75 bits per heavy atom. The second-order valence-electron chi connectivity index (χ2n) is 9.67. The number of aromatic nitrogens is 2. The van der Waals surface area contributed by atoms with Crippen molar-refractivity contribution < 1.29 is 28.6 Å². The Labute approximate surface area is 227 Å². The zero-order valence-electron chi connectivity index (χ0n) is 21.0. The molecule has 1 aromatic heterocycles. The minimum atomic E-state index is -1.43. The molecule has 1 fully saturated rings. The summed E-state index contributed by atoms with van der Waals surface area (Å²) >= 11 is 0. The van der Waals surface area contributed by atoms with Gasteiger partial charge in [-0.25, -0.2) is 14.0 Å². The summed E-state index contributed by atoms with van der Waals surface area (Å²) in [6.45, 7) is -0.276. The van der Waals surface area contributed by atoms with Crippen molar-refractivity contribution in [1.29, 1.82) is 5.26 Å². The van der Waals surface area contributed by atoms with E-state index in [1.54, 1.807) is 0 Å². The molecule has 2 atom stereocenters. The van der Waals surface area contributed by atoms with Crippen LogP contribution < -0.4 is 5.32 Å². The third kappa shape index (κ3) is 4.10. The zero-order chi connectivity index (χ0) is 28.0. The second kappa shape index (κ2) is 9.81. The van der Waals surface area contributed by atoms with E-state index in [1.165, 1.54) is 18.3 Å². The highest BCUT2D eigenvalue weighted by molar-refractivity contribution is 6.02. The fourth-order valence-corrected chi connectivity index (χ4v) is 5.61. The first-order valence-electron chi connectivity index (χ1n) is 12.6. The second-order valence-corrected chi connectivity index (χ2v) is 9.67. The Kier molecular flexibility index (Phi) is 6.15. The number of likely N-dealkylation sites (tertiary alicyclic amines) is 1. The quantitative estimate of drug-likeness (QED) is 0.382. The molecule has 2 amide bonds. The number of benzene rings is 3. The molecule has 0 spiro atoms. The van der Waals surface area contributed by atoms with Gasteiger partial charge in [-0.05, 0) is 34.4 Å². The van der Waals surface area contributed by atoms with Crippen LogP contribution >= 0.6 is 0 Å². The van der Waals surface area contributed by atoms with Crippen LogP contribution in [0.5, 0.6) is 0 Å². The molecular weight excluding hydrogens is 517 g/mol. The number of rotatable bonds is 4. The van der Waals surface area contributed by atoms with Gasteiger partial charge in [-0.1, -0.05) is 48.5 Å². The lowest BCUT2D eigenvalue weighted by Gasteiger charge is -2.24. The van der Waals surface area contributed by atoms with Crippen LogP contribution in [-0.2, 0) is 9.53 Å². The molecule has 11 heteroatoms. The standard InChI is InChI=1S/C29H22FN5O5/c30-16-11-26(27(36)33-24-9-10-25-22(21(24)12-31)13-32-35(25)28(37)38)34(14-16)29(39)40-15-23-19-7-3-1-5-17(19)18-6-2-4-8-20(18)23/h1-10,13,16,23,26H,11,14-15H2,(H,33,36)(H,37,38)/t16-,26-/m1/s1. The van der Waals surface area contributed by atoms with Gasteiger partial charge in [0, 0.05) is 17.7 Å². The maximum absolute atomic E-state index is 14.5. The lowest BCUT2D eigenvalue weighted by atomic mass is 9.98. The van der Waals surface area contributed by atoms with Gasteiger partial charge in [-0.15, -0.1) is 0 Å². The van der Waals surface area contributed by atoms with Crippen molar-refractivity contribution in [2.75, 3.05) is 18.5 Å². The monoisotopic (exact) mass is 539 g/mol. The van der Waals surface area contributed by atoms with E-state index in [-0.39, 0.29) is 47.6 Å². The number of nitrogens with one attached hydrogen (secondary N) is 1. The first kappa shape index (κ1) is 25.1. The number of carboxylic acid groups (broad SMARTS) is 1. The Morgan fingerprint density at radius 3 is 2.40 bits per heavy atom. The van der Waals surface area contributed by atoms with Gasteiger partial charge in [0.05, 0.1) is 29.5 Å². The Morgan fingerprint density at radius 1 is 1.07 bits per heavy atom. The molecule has 1 aliphatic heterocycles. The minimum Gasteiger partial charge on any atom is -0.463 e. The topological polar surface area (TPSA) is 138 Å². The highest BCUT2D eigenvalue weighted by Crippen LogP contribution is 2.44. The molecule has 0 unspecified atom stereocenters. The number of fused-ring (bicyclic) bond motifs is 4. The van der Waals surface area contributed by atoms with Crippen molar-refractivity contribution >= 4 is 34.7 Å². The van der Waals surface area contributed by atoms with E-state index in [0.717, 1.165) is 27.2 Å². The lowest BCUT2D eigenvalue weighted by Crippen LogP contribution is -2.43. The molecule has 1 aliphatic carbocycles. The molecule has 4 aromatic rings.